The second kappa shape index (κ2) is 9.72. The van der Waals surface area contributed by atoms with Crippen LogP contribution < -0.4 is 10.1 Å². The van der Waals surface area contributed by atoms with E-state index >= 15 is 0 Å². The van der Waals surface area contributed by atoms with Crippen molar-refractivity contribution < 1.29 is 24.1 Å². The quantitative estimate of drug-likeness (QED) is 0.704. The van der Waals surface area contributed by atoms with Gasteiger partial charge in [0.05, 0.1) is 19.3 Å². The van der Waals surface area contributed by atoms with E-state index in [-0.39, 0.29) is 17.9 Å². The first kappa shape index (κ1) is 19.7. The molecule has 1 aliphatic heterocycles. The molecular formula is C18H28N2O5. The molecule has 1 saturated heterocycles. The Bertz CT molecular complexity index is 552. The van der Waals surface area contributed by atoms with Crippen LogP contribution in [-0.2, 0) is 9.47 Å². The number of benzene rings is 1. The minimum atomic E-state index is -0.653. The summed E-state index contributed by atoms with van der Waals surface area (Å²) < 4.78 is 16.3. The molecule has 0 aromatic heterocycles. The van der Waals surface area contributed by atoms with Crippen LogP contribution in [0.4, 0.5) is 0 Å². The highest BCUT2D eigenvalue weighted by Gasteiger charge is 2.32. The predicted molar refractivity (Wildman–Crippen MR) is 93.9 cm³/mol. The van der Waals surface area contributed by atoms with Crippen LogP contribution in [0, 0.1) is 5.92 Å². The number of hydrogen-bond donors (Lipinski definition) is 2. The molecule has 140 valence electrons. The van der Waals surface area contributed by atoms with Crippen LogP contribution >= 0.6 is 0 Å². The van der Waals surface area contributed by atoms with Gasteiger partial charge in [-0.3, -0.25) is 4.79 Å². The molecule has 1 heterocycles. The van der Waals surface area contributed by atoms with Gasteiger partial charge in [0.1, 0.15) is 18.5 Å². The Labute approximate surface area is 148 Å². The van der Waals surface area contributed by atoms with Crippen LogP contribution in [0.3, 0.4) is 0 Å². The first-order valence-corrected chi connectivity index (χ1v) is 8.45. The average molecular weight is 352 g/mol. The highest BCUT2D eigenvalue weighted by molar-refractivity contribution is 5.94. The van der Waals surface area contributed by atoms with Gasteiger partial charge >= 0.3 is 0 Å². The van der Waals surface area contributed by atoms with Crippen LogP contribution in [0.15, 0.2) is 24.3 Å². The fourth-order valence-electron chi connectivity index (χ4n) is 2.62. The van der Waals surface area contributed by atoms with Crippen molar-refractivity contribution in [2.24, 2.45) is 5.92 Å². The molecule has 0 spiro atoms. The number of methoxy groups -OCH3 is 1. The van der Waals surface area contributed by atoms with Gasteiger partial charge in [-0.05, 0) is 32.3 Å². The molecule has 1 fully saturated rings. The monoisotopic (exact) mass is 352 g/mol. The molecule has 0 radical (unpaired) electrons. The van der Waals surface area contributed by atoms with Crippen molar-refractivity contribution in [1.29, 1.82) is 0 Å². The van der Waals surface area contributed by atoms with Crippen LogP contribution in [0.5, 0.6) is 5.75 Å². The fraction of sp³-hybridized carbons (Fsp3) is 0.611. The number of amides is 1. The lowest BCUT2D eigenvalue weighted by molar-refractivity contribution is -0.132. The molecular weight excluding hydrogens is 324 g/mol. The van der Waals surface area contributed by atoms with Crippen LogP contribution in [0.25, 0.3) is 0 Å². The van der Waals surface area contributed by atoms with E-state index in [4.69, 9.17) is 14.2 Å². The summed E-state index contributed by atoms with van der Waals surface area (Å²) in [6.07, 6.45) is -1.01. The third-order valence-corrected chi connectivity index (χ3v) is 4.21. The SMILES string of the molecule is CO[C@@H]1COC[C@@H](CNC(=O)c2cccc(OCCN(C)C)c2)[C@@H]1O. The van der Waals surface area contributed by atoms with E-state index in [2.05, 4.69) is 5.32 Å². The Morgan fingerprint density at radius 3 is 2.92 bits per heavy atom. The average Bonchev–Trinajstić information content (AvgIpc) is 2.60. The van der Waals surface area contributed by atoms with Crippen LogP contribution in [0.2, 0.25) is 0 Å². The molecule has 7 heteroatoms. The molecule has 0 bridgehead atoms. The molecule has 2 rings (SSSR count). The molecule has 1 aromatic carbocycles. The smallest absolute Gasteiger partial charge is 0.251 e. The minimum Gasteiger partial charge on any atom is -0.492 e. The van der Waals surface area contributed by atoms with Crippen molar-refractivity contribution in [2.75, 3.05) is 54.1 Å². The number of nitrogens with one attached hydrogen (secondary N) is 1. The fourth-order valence-corrected chi connectivity index (χ4v) is 2.62. The van der Waals surface area contributed by atoms with Crippen molar-refractivity contribution in [3.05, 3.63) is 29.8 Å². The summed E-state index contributed by atoms with van der Waals surface area (Å²) in [6.45, 7) is 2.45. The van der Waals surface area contributed by atoms with Crippen molar-refractivity contribution in [2.45, 2.75) is 12.2 Å². The number of hydrogen-bond acceptors (Lipinski definition) is 6. The number of aliphatic hydroxyl groups excluding tert-OH is 1. The number of ether oxygens (including phenoxy) is 3. The summed E-state index contributed by atoms with van der Waals surface area (Å²) in [4.78, 5) is 14.4. The highest BCUT2D eigenvalue weighted by Crippen LogP contribution is 2.17. The van der Waals surface area contributed by atoms with Crippen molar-refractivity contribution in [3.63, 3.8) is 0 Å². The topological polar surface area (TPSA) is 80.3 Å². The lowest BCUT2D eigenvalue weighted by Crippen LogP contribution is -2.49. The summed E-state index contributed by atoms with van der Waals surface area (Å²) in [5, 5.41) is 13.1. The Morgan fingerprint density at radius 1 is 1.40 bits per heavy atom. The summed E-state index contributed by atoms with van der Waals surface area (Å²) in [7, 11) is 5.50. The summed E-state index contributed by atoms with van der Waals surface area (Å²) in [5.41, 5.74) is 0.525. The second-order valence-electron chi connectivity index (χ2n) is 6.45. The van der Waals surface area contributed by atoms with Crippen molar-refractivity contribution in [1.82, 2.24) is 10.2 Å². The van der Waals surface area contributed by atoms with Gasteiger partial charge in [0.25, 0.3) is 5.91 Å². The summed E-state index contributed by atoms with van der Waals surface area (Å²) in [6, 6.07) is 7.07. The minimum absolute atomic E-state index is 0.192. The molecule has 2 N–H and O–H groups in total. The zero-order chi connectivity index (χ0) is 18.2. The zero-order valence-electron chi connectivity index (χ0n) is 15.1. The first-order valence-electron chi connectivity index (χ1n) is 8.45. The first-order chi connectivity index (χ1) is 12.0. The Balaban J connectivity index is 1.86. The standard InChI is InChI=1S/C18H28N2O5/c1-20(2)7-8-25-15-6-4-5-13(9-15)18(22)19-10-14-11-24-12-16(23-3)17(14)21/h4-6,9,14,16-17,21H,7-8,10-12H2,1-3H3,(H,19,22)/t14-,16-,17+/m1/s1. The molecule has 1 aliphatic rings. The van der Waals surface area contributed by atoms with E-state index in [1.807, 2.05) is 25.1 Å². The van der Waals surface area contributed by atoms with E-state index in [1.54, 1.807) is 25.3 Å². The van der Waals surface area contributed by atoms with E-state index in [0.717, 1.165) is 6.54 Å². The van der Waals surface area contributed by atoms with E-state index in [1.165, 1.54) is 0 Å². The van der Waals surface area contributed by atoms with Gasteiger partial charge in [-0.25, -0.2) is 0 Å². The van der Waals surface area contributed by atoms with Crippen molar-refractivity contribution >= 4 is 5.91 Å². The normalized spacial score (nSPS) is 23.5. The second-order valence-corrected chi connectivity index (χ2v) is 6.45. The molecule has 1 aromatic rings. The van der Waals surface area contributed by atoms with E-state index < -0.39 is 6.10 Å². The van der Waals surface area contributed by atoms with E-state index in [9.17, 15) is 9.90 Å². The summed E-state index contributed by atoms with van der Waals surface area (Å²) >= 11 is 0. The Kier molecular flexibility index (Phi) is 7.64. The van der Waals surface area contributed by atoms with Crippen molar-refractivity contribution in [3.8, 4) is 5.75 Å². The van der Waals surface area contributed by atoms with Gasteiger partial charge in [0, 0.05) is 31.7 Å². The van der Waals surface area contributed by atoms with Gasteiger partial charge < -0.3 is 29.5 Å². The van der Waals surface area contributed by atoms with E-state index in [0.29, 0.717) is 37.7 Å². The number of likely N-dealkylation sites (N-methyl/N-ethyl adjacent to an activating group) is 1. The number of nitrogens with zero attached hydrogens (tertiary/aromatic N) is 1. The number of rotatable bonds is 8. The lowest BCUT2D eigenvalue weighted by Gasteiger charge is -2.33. The third-order valence-electron chi connectivity index (χ3n) is 4.21. The molecule has 7 nitrogen and oxygen atoms in total. The van der Waals surface area contributed by atoms with Crippen LogP contribution in [0.1, 0.15) is 10.4 Å². The van der Waals surface area contributed by atoms with Gasteiger partial charge in [0.15, 0.2) is 0 Å². The number of carbonyl (C=O) groups is 1. The van der Waals surface area contributed by atoms with Gasteiger partial charge in [-0.2, -0.15) is 0 Å². The number of aliphatic hydroxyl groups is 1. The maximum Gasteiger partial charge on any atom is 0.251 e. The maximum absolute atomic E-state index is 12.4. The van der Waals surface area contributed by atoms with Gasteiger partial charge in [-0.1, -0.05) is 6.07 Å². The zero-order valence-corrected chi connectivity index (χ0v) is 15.1. The molecule has 0 saturated carbocycles. The maximum atomic E-state index is 12.4. The highest BCUT2D eigenvalue weighted by atomic mass is 16.5. The number of carbonyl (C=O) groups excluding carboxylic acids is 1. The van der Waals surface area contributed by atoms with Crippen LogP contribution in [-0.4, -0.2) is 82.2 Å². The molecule has 1 amide bonds. The lowest BCUT2D eigenvalue weighted by atomic mass is 9.96. The Hall–Kier alpha value is -1.67. The van der Waals surface area contributed by atoms with Gasteiger partial charge in [0.2, 0.25) is 0 Å². The third kappa shape index (κ3) is 5.97. The molecule has 3 atom stereocenters. The molecule has 25 heavy (non-hydrogen) atoms. The largest absolute Gasteiger partial charge is 0.492 e. The van der Waals surface area contributed by atoms with Gasteiger partial charge in [-0.15, -0.1) is 0 Å². The molecule has 0 unspecified atom stereocenters. The summed E-state index contributed by atoms with van der Waals surface area (Å²) in [5.74, 6) is 0.266. The predicted octanol–water partition coefficient (Wildman–Crippen LogP) is 0.379. The Morgan fingerprint density at radius 2 is 2.20 bits per heavy atom. The molecule has 0 aliphatic carbocycles.